The molecule has 0 aliphatic heterocycles. The van der Waals surface area contributed by atoms with Crippen molar-refractivity contribution in [3.63, 3.8) is 0 Å². The van der Waals surface area contributed by atoms with Crippen LogP contribution in [0.5, 0.6) is 0 Å². The first-order chi connectivity index (χ1) is 14.0. The highest BCUT2D eigenvalue weighted by Crippen LogP contribution is 2.17. The lowest BCUT2D eigenvalue weighted by molar-refractivity contribution is 0.102. The Morgan fingerprint density at radius 1 is 1.07 bits per heavy atom. The fourth-order valence-corrected chi connectivity index (χ4v) is 3.07. The van der Waals surface area contributed by atoms with Gasteiger partial charge >= 0.3 is 0 Å². The molecule has 0 bridgehead atoms. The molecule has 1 N–H and O–H groups in total. The first-order valence-electron chi connectivity index (χ1n) is 9.09. The summed E-state index contributed by atoms with van der Waals surface area (Å²) in [6.07, 6.45) is 1.53. The SMILES string of the molecule is Cc1c(NC(=O)c2cnn(-c3ccccc3)c2C)nnn1Cc1cccc(F)c1. The van der Waals surface area contributed by atoms with Gasteiger partial charge in [-0.25, -0.2) is 13.8 Å². The second-order valence-corrected chi connectivity index (χ2v) is 6.66. The van der Waals surface area contributed by atoms with Crippen molar-refractivity contribution in [3.8, 4) is 5.69 Å². The van der Waals surface area contributed by atoms with Crippen LogP contribution in [-0.4, -0.2) is 30.7 Å². The van der Waals surface area contributed by atoms with Gasteiger partial charge in [-0.15, -0.1) is 5.10 Å². The maximum absolute atomic E-state index is 13.4. The average molecular weight is 390 g/mol. The molecule has 0 fully saturated rings. The van der Waals surface area contributed by atoms with Gasteiger partial charge in [0.15, 0.2) is 5.82 Å². The van der Waals surface area contributed by atoms with Gasteiger partial charge in [-0.1, -0.05) is 35.5 Å². The molecular weight excluding hydrogens is 371 g/mol. The van der Waals surface area contributed by atoms with Gasteiger partial charge in [0, 0.05) is 0 Å². The predicted molar refractivity (Wildman–Crippen MR) is 107 cm³/mol. The quantitative estimate of drug-likeness (QED) is 0.566. The van der Waals surface area contributed by atoms with Gasteiger partial charge in [-0.2, -0.15) is 5.10 Å². The maximum Gasteiger partial charge on any atom is 0.260 e. The number of nitrogens with one attached hydrogen (secondary N) is 1. The lowest BCUT2D eigenvalue weighted by atomic mass is 10.2. The molecule has 8 heteroatoms. The predicted octanol–water partition coefficient (Wildman–Crippen LogP) is 3.52. The van der Waals surface area contributed by atoms with Crippen LogP contribution in [0.2, 0.25) is 0 Å². The Kier molecular flexibility index (Phi) is 4.90. The molecule has 0 spiro atoms. The van der Waals surface area contributed by atoms with Gasteiger partial charge in [0.1, 0.15) is 5.82 Å². The minimum Gasteiger partial charge on any atom is -0.303 e. The zero-order valence-corrected chi connectivity index (χ0v) is 16.0. The third kappa shape index (κ3) is 3.77. The van der Waals surface area contributed by atoms with Crippen LogP contribution in [0.25, 0.3) is 5.69 Å². The van der Waals surface area contributed by atoms with Crippen LogP contribution in [-0.2, 0) is 6.54 Å². The number of halogens is 1. The van der Waals surface area contributed by atoms with Gasteiger partial charge in [-0.05, 0) is 43.7 Å². The van der Waals surface area contributed by atoms with Crippen LogP contribution in [0, 0.1) is 19.7 Å². The van der Waals surface area contributed by atoms with E-state index in [1.54, 1.807) is 22.4 Å². The Balaban J connectivity index is 1.52. The van der Waals surface area contributed by atoms with E-state index in [9.17, 15) is 9.18 Å². The molecule has 146 valence electrons. The molecule has 2 aromatic carbocycles. The molecule has 0 aliphatic carbocycles. The molecule has 0 unspecified atom stereocenters. The molecule has 0 saturated heterocycles. The van der Waals surface area contributed by atoms with Crippen molar-refractivity contribution in [2.75, 3.05) is 5.32 Å². The summed E-state index contributed by atoms with van der Waals surface area (Å²) in [7, 11) is 0. The Morgan fingerprint density at radius 2 is 1.86 bits per heavy atom. The third-order valence-electron chi connectivity index (χ3n) is 4.69. The molecule has 0 saturated carbocycles. The number of aromatic nitrogens is 5. The molecule has 7 nitrogen and oxygen atoms in total. The molecular formula is C21H19FN6O. The lowest BCUT2D eigenvalue weighted by Gasteiger charge is -2.06. The Morgan fingerprint density at radius 3 is 2.62 bits per heavy atom. The van der Waals surface area contributed by atoms with E-state index in [1.807, 2.05) is 43.3 Å². The van der Waals surface area contributed by atoms with Crippen molar-refractivity contribution in [3.05, 3.63) is 89.1 Å². The van der Waals surface area contributed by atoms with Crippen molar-refractivity contribution in [2.45, 2.75) is 20.4 Å². The largest absolute Gasteiger partial charge is 0.303 e. The average Bonchev–Trinajstić information content (AvgIpc) is 3.26. The van der Waals surface area contributed by atoms with E-state index in [1.165, 1.54) is 18.3 Å². The van der Waals surface area contributed by atoms with E-state index < -0.39 is 0 Å². The molecule has 29 heavy (non-hydrogen) atoms. The molecule has 1 amide bonds. The van der Waals surface area contributed by atoms with Crippen LogP contribution < -0.4 is 5.32 Å². The summed E-state index contributed by atoms with van der Waals surface area (Å²) in [4.78, 5) is 12.8. The maximum atomic E-state index is 13.4. The van der Waals surface area contributed by atoms with Crippen molar-refractivity contribution in [1.82, 2.24) is 24.8 Å². The number of carbonyl (C=O) groups is 1. The molecule has 4 rings (SSSR count). The Hall–Kier alpha value is -3.81. The van der Waals surface area contributed by atoms with Crippen LogP contribution in [0.4, 0.5) is 10.2 Å². The van der Waals surface area contributed by atoms with Gasteiger partial charge in [0.05, 0.1) is 35.4 Å². The van der Waals surface area contributed by atoms with Crippen LogP contribution in [0.1, 0.15) is 27.3 Å². The number of anilines is 1. The molecule has 2 aromatic heterocycles. The second kappa shape index (κ2) is 7.67. The number of rotatable bonds is 5. The fourth-order valence-electron chi connectivity index (χ4n) is 3.07. The monoisotopic (exact) mass is 390 g/mol. The van der Waals surface area contributed by atoms with E-state index in [4.69, 9.17) is 0 Å². The van der Waals surface area contributed by atoms with E-state index in [0.717, 1.165) is 16.9 Å². The molecule has 0 atom stereocenters. The highest BCUT2D eigenvalue weighted by molar-refractivity contribution is 6.04. The Bertz CT molecular complexity index is 1170. The lowest BCUT2D eigenvalue weighted by Crippen LogP contribution is -2.14. The van der Waals surface area contributed by atoms with Gasteiger partial charge in [0.2, 0.25) is 0 Å². The third-order valence-corrected chi connectivity index (χ3v) is 4.69. The van der Waals surface area contributed by atoms with Gasteiger partial charge in [0.25, 0.3) is 5.91 Å². The highest BCUT2D eigenvalue weighted by atomic mass is 19.1. The zero-order valence-electron chi connectivity index (χ0n) is 16.0. The first kappa shape index (κ1) is 18.5. The highest BCUT2D eigenvalue weighted by Gasteiger charge is 2.18. The number of hydrogen-bond acceptors (Lipinski definition) is 4. The van der Waals surface area contributed by atoms with Crippen molar-refractivity contribution >= 4 is 11.7 Å². The van der Waals surface area contributed by atoms with E-state index >= 15 is 0 Å². The van der Waals surface area contributed by atoms with Crippen molar-refractivity contribution in [2.24, 2.45) is 0 Å². The topological polar surface area (TPSA) is 77.6 Å². The van der Waals surface area contributed by atoms with Crippen molar-refractivity contribution < 1.29 is 9.18 Å². The van der Waals surface area contributed by atoms with Crippen molar-refractivity contribution in [1.29, 1.82) is 0 Å². The molecule has 2 heterocycles. The summed E-state index contributed by atoms with van der Waals surface area (Å²) in [6, 6.07) is 15.9. The van der Waals surface area contributed by atoms with E-state index in [2.05, 4.69) is 20.7 Å². The standard InChI is InChI=1S/C21H19FN6O/c1-14-19(12-23-28(14)18-9-4-3-5-10-18)21(29)24-20-15(2)27(26-25-20)13-16-7-6-8-17(22)11-16/h3-12H,13H2,1-2H3,(H,24,29). The molecule has 0 aliphatic rings. The summed E-state index contributed by atoms with van der Waals surface area (Å²) in [5.41, 5.74) is 3.49. The number of para-hydroxylation sites is 1. The van der Waals surface area contributed by atoms with Crippen LogP contribution in [0.3, 0.4) is 0 Å². The number of hydrogen-bond donors (Lipinski definition) is 1. The van der Waals surface area contributed by atoms with Gasteiger partial charge < -0.3 is 5.32 Å². The Labute approximate surface area is 166 Å². The van der Waals surface area contributed by atoms with Crippen LogP contribution in [0.15, 0.2) is 60.8 Å². The smallest absolute Gasteiger partial charge is 0.260 e. The normalized spacial score (nSPS) is 10.9. The summed E-state index contributed by atoms with van der Waals surface area (Å²) < 4.78 is 16.7. The zero-order chi connectivity index (χ0) is 20.4. The second-order valence-electron chi connectivity index (χ2n) is 6.66. The molecule has 4 aromatic rings. The number of nitrogens with zero attached hydrogens (tertiary/aromatic N) is 5. The summed E-state index contributed by atoms with van der Waals surface area (Å²) in [5.74, 6) is -0.261. The van der Waals surface area contributed by atoms with Gasteiger partial charge in [-0.3, -0.25) is 4.79 Å². The summed E-state index contributed by atoms with van der Waals surface area (Å²) in [6.45, 7) is 4.00. The summed E-state index contributed by atoms with van der Waals surface area (Å²) in [5, 5.41) is 15.2. The number of amides is 1. The number of benzene rings is 2. The fraction of sp³-hybridized carbons (Fsp3) is 0.143. The minimum absolute atomic E-state index is 0.306. The summed E-state index contributed by atoms with van der Waals surface area (Å²) >= 11 is 0. The van der Waals surface area contributed by atoms with E-state index in [-0.39, 0.29) is 11.7 Å². The molecule has 0 radical (unpaired) electrons. The van der Waals surface area contributed by atoms with E-state index in [0.29, 0.717) is 23.6 Å². The number of carbonyl (C=O) groups excluding carboxylic acids is 1. The minimum atomic E-state index is -0.314. The van der Waals surface area contributed by atoms with Crippen LogP contribution >= 0.6 is 0 Å². The first-order valence-corrected chi connectivity index (χ1v) is 9.09.